The van der Waals surface area contributed by atoms with Gasteiger partial charge < -0.3 is 16.0 Å². The summed E-state index contributed by atoms with van der Waals surface area (Å²) in [4.78, 5) is 23.1. The van der Waals surface area contributed by atoms with E-state index in [9.17, 15) is 9.59 Å². The van der Waals surface area contributed by atoms with Gasteiger partial charge in [0, 0.05) is 17.1 Å². The van der Waals surface area contributed by atoms with Gasteiger partial charge in [-0.3, -0.25) is 9.59 Å². The van der Waals surface area contributed by atoms with Crippen molar-refractivity contribution in [3.8, 4) is 0 Å². The van der Waals surface area contributed by atoms with E-state index in [0.717, 1.165) is 5.56 Å². The summed E-state index contributed by atoms with van der Waals surface area (Å²) in [5.41, 5.74) is 0.935. The standard InChI is InChI=1S/C15H22ClN3O2/c1-10(2)19-15(21)9-18-14(20)8-17-11(3)12-6-4-5-7-13(12)16/h4-7,10-11,17H,8-9H2,1-3H3,(H,18,20)(H,19,21)/t11-/m1/s1. The van der Waals surface area contributed by atoms with Crippen LogP contribution in [-0.4, -0.2) is 30.9 Å². The quantitative estimate of drug-likeness (QED) is 0.717. The van der Waals surface area contributed by atoms with Gasteiger partial charge >= 0.3 is 0 Å². The molecule has 0 radical (unpaired) electrons. The summed E-state index contributed by atoms with van der Waals surface area (Å²) in [6.45, 7) is 5.78. The molecule has 6 heteroatoms. The van der Waals surface area contributed by atoms with Gasteiger partial charge in [0.25, 0.3) is 0 Å². The third kappa shape index (κ3) is 6.60. The van der Waals surface area contributed by atoms with E-state index in [1.54, 1.807) is 0 Å². The van der Waals surface area contributed by atoms with Crippen molar-refractivity contribution < 1.29 is 9.59 Å². The first kappa shape index (κ1) is 17.5. The molecule has 21 heavy (non-hydrogen) atoms. The lowest BCUT2D eigenvalue weighted by atomic mass is 10.1. The van der Waals surface area contributed by atoms with Crippen molar-refractivity contribution in [2.45, 2.75) is 32.9 Å². The van der Waals surface area contributed by atoms with Crippen LogP contribution in [0.2, 0.25) is 5.02 Å². The van der Waals surface area contributed by atoms with Gasteiger partial charge in [0.05, 0.1) is 13.1 Å². The highest BCUT2D eigenvalue weighted by molar-refractivity contribution is 6.31. The van der Waals surface area contributed by atoms with Crippen LogP contribution in [0.25, 0.3) is 0 Å². The first-order valence-electron chi connectivity index (χ1n) is 6.94. The minimum absolute atomic E-state index is 0.0147. The van der Waals surface area contributed by atoms with Gasteiger partial charge in [-0.1, -0.05) is 29.8 Å². The van der Waals surface area contributed by atoms with E-state index in [4.69, 9.17) is 11.6 Å². The molecule has 1 atom stereocenters. The zero-order valence-electron chi connectivity index (χ0n) is 12.6. The van der Waals surface area contributed by atoms with Crippen LogP contribution in [0.4, 0.5) is 0 Å². The average molecular weight is 312 g/mol. The molecule has 2 amide bonds. The lowest BCUT2D eigenvalue weighted by molar-refractivity contribution is -0.125. The summed E-state index contributed by atoms with van der Waals surface area (Å²) in [6.07, 6.45) is 0. The number of amides is 2. The van der Waals surface area contributed by atoms with Crippen molar-refractivity contribution in [1.29, 1.82) is 0 Å². The summed E-state index contributed by atoms with van der Waals surface area (Å²) in [7, 11) is 0. The molecule has 0 aliphatic rings. The number of hydrogen-bond acceptors (Lipinski definition) is 3. The largest absolute Gasteiger partial charge is 0.352 e. The van der Waals surface area contributed by atoms with Crippen molar-refractivity contribution in [2.75, 3.05) is 13.1 Å². The highest BCUT2D eigenvalue weighted by Crippen LogP contribution is 2.21. The molecule has 1 aromatic rings. The van der Waals surface area contributed by atoms with Gasteiger partial charge in [-0.15, -0.1) is 0 Å². The summed E-state index contributed by atoms with van der Waals surface area (Å²) in [5.74, 6) is -0.426. The minimum atomic E-state index is -0.229. The Balaban J connectivity index is 2.33. The lowest BCUT2D eigenvalue weighted by Gasteiger charge is -2.15. The number of carbonyl (C=O) groups excluding carboxylic acids is 2. The van der Waals surface area contributed by atoms with Gasteiger partial charge in [0.2, 0.25) is 11.8 Å². The molecular formula is C15H22ClN3O2. The van der Waals surface area contributed by atoms with E-state index >= 15 is 0 Å². The van der Waals surface area contributed by atoms with Crippen molar-refractivity contribution in [2.24, 2.45) is 0 Å². The molecule has 0 heterocycles. The maximum atomic E-state index is 11.7. The molecule has 5 nitrogen and oxygen atoms in total. The molecular weight excluding hydrogens is 290 g/mol. The molecule has 1 rings (SSSR count). The monoisotopic (exact) mass is 311 g/mol. The fourth-order valence-electron chi connectivity index (χ4n) is 1.80. The number of hydrogen-bond donors (Lipinski definition) is 3. The Morgan fingerprint density at radius 2 is 1.76 bits per heavy atom. The summed E-state index contributed by atoms with van der Waals surface area (Å²) >= 11 is 6.09. The van der Waals surface area contributed by atoms with Crippen LogP contribution in [-0.2, 0) is 9.59 Å². The second-order valence-corrected chi connectivity index (χ2v) is 5.53. The fourth-order valence-corrected chi connectivity index (χ4v) is 2.10. The van der Waals surface area contributed by atoms with Crippen LogP contribution in [0.1, 0.15) is 32.4 Å². The van der Waals surface area contributed by atoms with Crippen molar-refractivity contribution in [3.63, 3.8) is 0 Å². The van der Waals surface area contributed by atoms with E-state index in [2.05, 4.69) is 16.0 Å². The van der Waals surface area contributed by atoms with Crippen LogP contribution in [0.3, 0.4) is 0 Å². The Kier molecular flexibility index (Phi) is 7.19. The fraction of sp³-hybridized carbons (Fsp3) is 0.467. The second-order valence-electron chi connectivity index (χ2n) is 5.12. The van der Waals surface area contributed by atoms with Crippen LogP contribution in [0.15, 0.2) is 24.3 Å². The Labute approximate surface area is 130 Å². The van der Waals surface area contributed by atoms with Crippen molar-refractivity contribution in [3.05, 3.63) is 34.9 Å². The highest BCUT2D eigenvalue weighted by atomic mass is 35.5. The molecule has 3 N–H and O–H groups in total. The number of carbonyl (C=O) groups is 2. The van der Waals surface area contributed by atoms with Gasteiger partial charge in [0.15, 0.2) is 0 Å². The number of halogens is 1. The van der Waals surface area contributed by atoms with Crippen LogP contribution >= 0.6 is 11.6 Å². The zero-order valence-corrected chi connectivity index (χ0v) is 13.3. The first-order chi connectivity index (χ1) is 9.90. The van der Waals surface area contributed by atoms with Gasteiger partial charge in [-0.05, 0) is 32.4 Å². The van der Waals surface area contributed by atoms with Crippen molar-refractivity contribution in [1.82, 2.24) is 16.0 Å². The van der Waals surface area contributed by atoms with Gasteiger partial charge in [-0.25, -0.2) is 0 Å². The van der Waals surface area contributed by atoms with E-state index in [1.807, 2.05) is 45.0 Å². The highest BCUT2D eigenvalue weighted by Gasteiger charge is 2.11. The summed E-state index contributed by atoms with van der Waals surface area (Å²) < 4.78 is 0. The number of benzene rings is 1. The predicted octanol–water partition coefficient (Wildman–Crippen LogP) is 1.63. The first-order valence-corrected chi connectivity index (χ1v) is 7.31. The van der Waals surface area contributed by atoms with E-state index in [-0.39, 0.29) is 37.0 Å². The Bertz CT molecular complexity index is 492. The third-order valence-electron chi connectivity index (χ3n) is 2.84. The number of rotatable bonds is 7. The molecule has 0 spiro atoms. The van der Waals surface area contributed by atoms with Crippen LogP contribution in [0.5, 0.6) is 0 Å². The summed E-state index contributed by atoms with van der Waals surface area (Å²) in [5, 5.41) is 9.00. The molecule has 0 aliphatic carbocycles. The van der Waals surface area contributed by atoms with Gasteiger partial charge in [0.1, 0.15) is 0 Å². The molecule has 116 valence electrons. The molecule has 0 unspecified atom stereocenters. The van der Waals surface area contributed by atoms with Crippen molar-refractivity contribution >= 4 is 23.4 Å². The molecule has 0 bridgehead atoms. The molecule has 0 fully saturated rings. The van der Waals surface area contributed by atoms with E-state index < -0.39 is 0 Å². The normalized spacial score (nSPS) is 12.0. The lowest BCUT2D eigenvalue weighted by Crippen LogP contribution is -2.42. The Hall–Kier alpha value is -1.59. The molecule has 0 saturated carbocycles. The zero-order chi connectivity index (χ0) is 15.8. The topological polar surface area (TPSA) is 70.2 Å². The average Bonchev–Trinajstić information content (AvgIpc) is 2.42. The van der Waals surface area contributed by atoms with Crippen LogP contribution in [0, 0.1) is 0 Å². The van der Waals surface area contributed by atoms with E-state index in [0.29, 0.717) is 5.02 Å². The molecule has 1 aromatic carbocycles. The maximum absolute atomic E-state index is 11.7. The predicted molar refractivity (Wildman–Crippen MR) is 84.2 cm³/mol. The third-order valence-corrected chi connectivity index (χ3v) is 3.18. The molecule has 0 aliphatic heterocycles. The van der Waals surface area contributed by atoms with Gasteiger partial charge in [-0.2, -0.15) is 0 Å². The van der Waals surface area contributed by atoms with Crippen LogP contribution < -0.4 is 16.0 Å². The maximum Gasteiger partial charge on any atom is 0.239 e. The minimum Gasteiger partial charge on any atom is -0.352 e. The summed E-state index contributed by atoms with van der Waals surface area (Å²) in [6, 6.07) is 7.50. The molecule has 0 aromatic heterocycles. The number of nitrogens with one attached hydrogen (secondary N) is 3. The van der Waals surface area contributed by atoms with E-state index in [1.165, 1.54) is 0 Å². The molecule has 0 saturated heterocycles. The second kappa shape index (κ2) is 8.64. The Morgan fingerprint density at radius 3 is 2.38 bits per heavy atom. The SMILES string of the molecule is CC(C)NC(=O)CNC(=O)CN[C@H](C)c1ccccc1Cl. The Morgan fingerprint density at radius 1 is 1.10 bits per heavy atom. The smallest absolute Gasteiger partial charge is 0.239 e.